The maximum atomic E-state index is 13.2. The molecule has 2 aliphatic heterocycles. The summed E-state index contributed by atoms with van der Waals surface area (Å²) in [6.07, 6.45) is 3.91. The van der Waals surface area contributed by atoms with Crippen molar-refractivity contribution < 1.29 is 4.39 Å². The number of halogens is 2. The summed E-state index contributed by atoms with van der Waals surface area (Å²) in [5.41, 5.74) is 1.64. The monoisotopic (exact) mass is 284 g/mol. The molecule has 0 bridgehead atoms. The summed E-state index contributed by atoms with van der Waals surface area (Å²) >= 11 is 0. The van der Waals surface area contributed by atoms with Crippen molar-refractivity contribution in [3.63, 3.8) is 0 Å². The summed E-state index contributed by atoms with van der Waals surface area (Å²) < 4.78 is 13.2. The van der Waals surface area contributed by atoms with Crippen molar-refractivity contribution in [2.45, 2.75) is 25.8 Å². The molecule has 0 atom stereocenters. The fourth-order valence-electron chi connectivity index (χ4n) is 3.42. The molecule has 1 spiro atoms. The second-order valence-corrected chi connectivity index (χ2v) is 5.84. The largest absolute Gasteiger partial charge is 0.317 e. The summed E-state index contributed by atoms with van der Waals surface area (Å²) in [5, 5.41) is 3.44. The molecule has 2 heterocycles. The maximum absolute atomic E-state index is 13.2. The van der Waals surface area contributed by atoms with Gasteiger partial charge in [-0.1, -0.05) is 12.1 Å². The van der Waals surface area contributed by atoms with Crippen LogP contribution >= 0.6 is 12.4 Å². The van der Waals surface area contributed by atoms with Crippen LogP contribution in [0, 0.1) is 11.2 Å². The highest BCUT2D eigenvalue weighted by molar-refractivity contribution is 5.85. The highest BCUT2D eigenvalue weighted by Crippen LogP contribution is 2.38. The molecule has 2 nitrogen and oxygen atoms in total. The molecule has 0 radical (unpaired) electrons. The molecule has 0 unspecified atom stereocenters. The minimum Gasteiger partial charge on any atom is -0.317 e. The van der Waals surface area contributed by atoms with E-state index in [2.05, 4.69) is 10.2 Å². The van der Waals surface area contributed by atoms with Crippen molar-refractivity contribution in [1.29, 1.82) is 0 Å². The van der Waals surface area contributed by atoms with E-state index in [1.807, 2.05) is 6.07 Å². The highest BCUT2D eigenvalue weighted by Gasteiger charge is 2.38. The average Bonchev–Trinajstić information content (AvgIpc) is 2.73. The molecule has 106 valence electrons. The number of hydrogen-bond acceptors (Lipinski definition) is 2. The lowest BCUT2D eigenvalue weighted by atomic mass is 9.78. The Morgan fingerprint density at radius 2 is 2.00 bits per heavy atom. The van der Waals surface area contributed by atoms with Crippen LogP contribution in [0.4, 0.5) is 4.39 Å². The van der Waals surface area contributed by atoms with Gasteiger partial charge in [-0.3, -0.25) is 4.90 Å². The van der Waals surface area contributed by atoms with E-state index in [0.29, 0.717) is 5.41 Å². The third-order valence-electron chi connectivity index (χ3n) is 4.48. The summed E-state index contributed by atoms with van der Waals surface area (Å²) in [7, 11) is 0. The lowest BCUT2D eigenvalue weighted by Crippen LogP contribution is -2.38. The van der Waals surface area contributed by atoms with E-state index in [4.69, 9.17) is 0 Å². The molecule has 1 N–H and O–H groups in total. The topological polar surface area (TPSA) is 15.3 Å². The summed E-state index contributed by atoms with van der Waals surface area (Å²) in [6, 6.07) is 7.01. The van der Waals surface area contributed by atoms with Crippen LogP contribution in [0.5, 0.6) is 0 Å². The molecule has 0 aliphatic carbocycles. The second-order valence-electron chi connectivity index (χ2n) is 5.84. The molecular weight excluding hydrogens is 263 g/mol. The minimum atomic E-state index is -0.122. The Balaban J connectivity index is 0.00000133. The van der Waals surface area contributed by atoms with Gasteiger partial charge in [-0.05, 0) is 62.0 Å². The zero-order valence-electron chi connectivity index (χ0n) is 11.2. The molecule has 0 aromatic heterocycles. The summed E-state index contributed by atoms with van der Waals surface area (Å²) in [4.78, 5) is 2.49. The van der Waals surface area contributed by atoms with Gasteiger partial charge in [0.25, 0.3) is 0 Å². The zero-order valence-corrected chi connectivity index (χ0v) is 12.0. The molecule has 2 aliphatic rings. The van der Waals surface area contributed by atoms with Crippen LogP contribution in [0.2, 0.25) is 0 Å². The van der Waals surface area contributed by atoms with E-state index in [-0.39, 0.29) is 18.2 Å². The first-order valence-corrected chi connectivity index (χ1v) is 6.93. The van der Waals surface area contributed by atoms with Crippen molar-refractivity contribution in [3.8, 4) is 0 Å². The minimum absolute atomic E-state index is 0. The van der Waals surface area contributed by atoms with Crippen LogP contribution in [-0.4, -0.2) is 31.1 Å². The van der Waals surface area contributed by atoms with Gasteiger partial charge in [0.1, 0.15) is 5.82 Å². The van der Waals surface area contributed by atoms with Crippen molar-refractivity contribution >= 4 is 12.4 Å². The van der Waals surface area contributed by atoms with Gasteiger partial charge >= 0.3 is 0 Å². The Bertz CT molecular complexity index is 418. The number of nitrogens with zero attached hydrogens (tertiary/aromatic N) is 1. The van der Waals surface area contributed by atoms with Crippen molar-refractivity contribution in [2.24, 2.45) is 5.41 Å². The highest BCUT2D eigenvalue weighted by atomic mass is 35.5. The number of nitrogens with one attached hydrogen (secondary N) is 1. The molecule has 2 saturated heterocycles. The first-order valence-electron chi connectivity index (χ1n) is 6.93. The van der Waals surface area contributed by atoms with Crippen LogP contribution in [0.15, 0.2) is 24.3 Å². The third kappa shape index (κ3) is 3.47. The SMILES string of the molecule is Cl.Fc1cccc(CN2CCC3(CCNCC3)C2)c1. The van der Waals surface area contributed by atoms with Crippen LogP contribution in [0.1, 0.15) is 24.8 Å². The van der Waals surface area contributed by atoms with Crippen LogP contribution < -0.4 is 5.32 Å². The number of likely N-dealkylation sites (tertiary alicyclic amines) is 1. The Morgan fingerprint density at radius 3 is 2.74 bits per heavy atom. The van der Waals surface area contributed by atoms with Crippen molar-refractivity contribution in [2.75, 3.05) is 26.2 Å². The van der Waals surface area contributed by atoms with Crippen LogP contribution in [0.25, 0.3) is 0 Å². The molecule has 19 heavy (non-hydrogen) atoms. The molecule has 0 amide bonds. The first-order chi connectivity index (χ1) is 8.76. The van der Waals surface area contributed by atoms with Gasteiger partial charge in [-0.15, -0.1) is 12.4 Å². The van der Waals surface area contributed by atoms with Crippen molar-refractivity contribution in [1.82, 2.24) is 10.2 Å². The molecule has 0 saturated carbocycles. The fraction of sp³-hybridized carbons (Fsp3) is 0.600. The number of piperidine rings is 1. The van der Waals surface area contributed by atoms with E-state index in [0.717, 1.165) is 31.7 Å². The smallest absolute Gasteiger partial charge is 0.123 e. The summed E-state index contributed by atoms with van der Waals surface area (Å²) in [5.74, 6) is -0.122. The van der Waals surface area contributed by atoms with Crippen LogP contribution in [0.3, 0.4) is 0 Å². The Hall–Kier alpha value is -0.640. The quantitative estimate of drug-likeness (QED) is 0.898. The van der Waals surface area contributed by atoms with Gasteiger partial charge in [0, 0.05) is 13.1 Å². The molecule has 3 rings (SSSR count). The second kappa shape index (κ2) is 6.21. The van der Waals surface area contributed by atoms with Gasteiger partial charge in [0.05, 0.1) is 0 Å². The lowest BCUT2D eigenvalue weighted by Gasteiger charge is -2.33. The number of benzene rings is 1. The summed E-state index contributed by atoms with van der Waals surface area (Å²) in [6.45, 7) is 5.57. The fourth-order valence-corrected chi connectivity index (χ4v) is 3.42. The Morgan fingerprint density at radius 1 is 1.21 bits per heavy atom. The third-order valence-corrected chi connectivity index (χ3v) is 4.48. The number of hydrogen-bond donors (Lipinski definition) is 1. The van der Waals surface area contributed by atoms with E-state index in [1.54, 1.807) is 12.1 Å². The lowest BCUT2D eigenvalue weighted by molar-refractivity contribution is 0.194. The molecule has 1 aromatic rings. The Labute approximate surface area is 120 Å². The standard InChI is InChI=1S/C15H21FN2.ClH/c16-14-3-1-2-13(10-14)11-18-9-6-15(12-18)4-7-17-8-5-15;/h1-3,10,17H,4-9,11-12H2;1H. The van der Waals surface area contributed by atoms with E-state index in [9.17, 15) is 4.39 Å². The predicted molar refractivity (Wildman–Crippen MR) is 78.1 cm³/mol. The van der Waals surface area contributed by atoms with E-state index < -0.39 is 0 Å². The Kier molecular flexibility index (Phi) is 4.82. The van der Waals surface area contributed by atoms with Gasteiger partial charge in [-0.2, -0.15) is 0 Å². The van der Waals surface area contributed by atoms with Gasteiger partial charge < -0.3 is 5.32 Å². The maximum Gasteiger partial charge on any atom is 0.123 e. The van der Waals surface area contributed by atoms with Crippen molar-refractivity contribution in [3.05, 3.63) is 35.6 Å². The molecule has 2 fully saturated rings. The first kappa shape index (κ1) is 14.8. The number of rotatable bonds is 2. The van der Waals surface area contributed by atoms with Gasteiger partial charge in [-0.25, -0.2) is 4.39 Å². The average molecular weight is 285 g/mol. The van der Waals surface area contributed by atoms with Gasteiger partial charge in [0.2, 0.25) is 0 Å². The zero-order chi connectivity index (χ0) is 12.4. The van der Waals surface area contributed by atoms with Gasteiger partial charge in [0.15, 0.2) is 0 Å². The van der Waals surface area contributed by atoms with E-state index >= 15 is 0 Å². The van der Waals surface area contributed by atoms with Crippen LogP contribution in [-0.2, 0) is 6.54 Å². The molecule has 1 aromatic carbocycles. The predicted octanol–water partition coefficient (Wildman–Crippen LogP) is 2.82. The van der Waals surface area contributed by atoms with E-state index in [1.165, 1.54) is 31.9 Å². The normalized spacial score (nSPS) is 22.4. The molecule has 4 heteroatoms. The molecular formula is C15H22ClFN2.